The van der Waals surface area contributed by atoms with E-state index >= 15 is 0 Å². The molecule has 2 aliphatic rings. The zero-order valence-electron chi connectivity index (χ0n) is 14.6. The summed E-state index contributed by atoms with van der Waals surface area (Å²) in [5, 5.41) is 8.63. The molecule has 1 saturated heterocycles. The van der Waals surface area contributed by atoms with Gasteiger partial charge in [0.25, 0.3) is 5.91 Å². The van der Waals surface area contributed by atoms with E-state index in [1.807, 2.05) is 13.8 Å². The summed E-state index contributed by atoms with van der Waals surface area (Å²) in [6.07, 6.45) is 5.11. The van der Waals surface area contributed by atoms with Crippen molar-refractivity contribution in [2.75, 3.05) is 18.0 Å². The molecule has 1 aliphatic heterocycles. The van der Waals surface area contributed by atoms with Gasteiger partial charge in [0, 0.05) is 25.5 Å². The molecule has 4 rings (SSSR count). The number of nitrogens with one attached hydrogen (secondary N) is 1. The highest BCUT2D eigenvalue weighted by Gasteiger charge is 2.37. The Morgan fingerprint density at radius 3 is 2.68 bits per heavy atom. The molecule has 1 aromatic carbocycles. The van der Waals surface area contributed by atoms with Crippen LogP contribution < -0.4 is 10.4 Å². The SMILES string of the molecule is CC.O=C(NO)c1cnc(N2CCC3c4ccccc4CC3C2)nc1. The van der Waals surface area contributed by atoms with Crippen LogP contribution in [0, 0.1) is 5.92 Å². The van der Waals surface area contributed by atoms with Crippen LogP contribution in [-0.4, -0.2) is 34.2 Å². The molecular weight excluding hydrogens is 316 g/mol. The molecular formula is C19H24N4O2. The third-order valence-electron chi connectivity index (χ3n) is 4.96. The van der Waals surface area contributed by atoms with Gasteiger partial charge in [-0.05, 0) is 35.8 Å². The van der Waals surface area contributed by atoms with Crippen molar-refractivity contribution < 1.29 is 10.0 Å². The Hall–Kier alpha value is -2.47. The van der Waals surface area contributed by atoms with Crippen molar-refractivity contribution in [2.45, 2.75) is 32.6 Å². The number of rotatable bonds is 2. The second-order valence-electron chi connectivity index (χ2n) is 6.22. The molecule has 0 bridgehead atoms. The first-order chi connectivity index (χ1) is 12.3. The number of benzene rings is 1. The van der Waals surface area contributed by atoms with Crippen molar-refractivity contribution in [3.8, 4) is 0 Å². The van der Waals surface area contributed by atoms with Crippen LogP contribution in [-0.2, 0) is 6.42 Å². The number of carbonyl (C=O) groups excluding carboxylic acids is 1. The van der Waals surface area contributed by atoms with E-state index in [0.717, 1.165) is 25.9 Å². The van der Waals surface area contributed by atoms with Crippen LogP contribution in [0.5, 0.6) is 0 Å². The van der Waals surface area contributed by atoms with Crippen LogP contribution in [0.4, 0.5) is 5.95 Å². The molecule has 2 heterocycles. The highest BCUT2D eigenvalue weighted by molar-refractivity contribution is 5.92. The third kappa shape index (κ3) is 3.35. The zero-order valence-corrected chi connectivity index (χ0v) is 14.6. The van der Waals surface area contributed by atoms with Gasteiger partial charge in [-0.2, -0.15) is 0 Å². The summed E-state index contributed by atoms with van der Waals surface area (Å²) in [6, 6.07) is 8.73. The third-order valence-corrected chi connectivity index (χ3v) is 4.96. The van der Waals surface area contributed by atoms with Gasteiger partial charge in [0.15, 0.2) is 0 Å². The Balaban J connectivity index is 0.000000880. The largest absolute Gasteiger partial charge is 0.340 e. The zero-order chi connectivity index (χ0) is 17.8. The van der Waals surface area contributed by atoms with Gasteiger partial charge >= 0.3 is 0 Å². The Kier molecular flexibility index (Phi) is 5.28. The topological polar surface area (TPSA) is 78.3 Å². The fourth-order valence-electron chi connectivity index (χ4n) is 3.86. The van der Waals surface area contributed by atoms with Gasteiger partial charge in [0.05, 0.1) is 5.56 Å². The lowest BCUT2D eigenvalue weighted by atomic mass is 9.86. The van der Waals surface area contributed by atoms with Gasteiger partial charge in [-0.25, -0.2) is 15.4 Å². The quantitative estimate of drug-likeness (QED) is 0.649. The van der Waals surface area contributed by atoms with E-state index in [1.54, 1.807) is 5.48 Å². The monoisotopic (exact) mass is 340 g/mol. The van der Waals surface area contributed by atoms with Crippen molar-refractivity contribution >= 4 is 11.9 Å². The fourth-order valence-corrected chi connectivity index (χ4v) is 3.86. The van der Waals surface area contributed by atoms with E-state index < -0.39 is 5.91 Å². The summed E-state index contributed by atoms with van der Waals surface area (Å²) >= 11 is 0. The average Bonchev–Trinajstić information content (AvgIpc) is 3.07. The molecule has 2 aromatic rings. The van der Waals surface area contributed by atoms with Crippen molar-refractivity contribution in [2.24, 2.45) is 5.92 Å². The number of anilines is 1. The number of carbonyl (C=O) groups is 1. The van der Waals surface area contributed by atoms with Crippen LogP contribution >= 0.6 is 0 Å². The van der Waals surface area contributed by atoms with Crippen LogP contribution in [0.1, 0.15) is 47.7 Å². The summed E-state index contributed by atoms with van der Waals surface area (Å²) in [7, 11) is 0. The van der Waals surface area contributed by atoms with E-state index in [4.69, 9.17) is 5.21 Å². The molecule has 0 radical (unpaired) electrons. The number of nitrogens with zero attached hydrogens (tertiary/aromatic N) is 3. The molecule has 132 valence electrons. The maximum absolute atomic E-state index is 11.3. The lowest BCUT2D eigenvalue weighted by Crippen LogP contribution is -2.39. The molecule has 1 aliphatic carbocycles. The second kappa shape index (κ2) is 7.61. The molecule has 0 saturated carbocycles. The van der Waals surface area contributed by atoms with Gasteiger partial charge in [-0.15, -0.1) is 0 Å². The molecule has 6 heteroatoms. The molecule has 25 heavy (non-hydrogen) atoms. The molecule has 2 atom stereocenters. The second-order valence-corrected chi connectivity index (χ2v) is 6.22. The Bertz CT molecular complexity index is 732. The van der Waals surface area contributed by atoms with E-state index in [9.17, 15) is 4.79 Å². The van der Waals surface area contributed by atoms with Gasteiger partial charge in [-0.1, -0.05) is 38.1 Å². The van der Waals surface area contributed by atoms with Crippen molar-refractivity contribution in [1.29, 1.82) is 0 Å². The number of hydroxylamine groups is 1. The predicted octanol–water partition coefficient (Wildman–Crippen LogP) is 2.79. The number of hydrogen-bond acceptors (Lipinski definition) is 5. The first kappa shape index (κ1) is 17.4. The van der Waals surface area contributed by atoms with Crippen LogP contribution in [0.15, 0.2) is 36.7 Å². The smallest absolute Gasteiger partial charge is 0.277 e. The lowest BCUT2D eigenvalue weighted by Gasteiger charge is -2.35. The van der Waals surface area contributed by atoms with Crippen molar-refractivity contribution in [3.05, 3.63) is 53.3 Å². The number of amides is 1. The van der Waals surface area contributed by atoms with Gasteiger partial charge in [0.2, 0.25) is 5.95 Å². The Morgan fingerprint density at radius 1 is 1.24 bits per heavy atom. The van der Waals surface area contributed by atoms with Crippen LogP contribution in [0.25, 0.3) is 0 Å². The van der Waals surface area contributed by atoms with E-state index in [1.165, 1.54) is 23.5 Å². The average molecular weight is 340 g/mol. The molecule has 0 spiro atoms. The van der Waals surface area contributed by atoms with Gasteiger partial charge < -0.3 is 4.90 Å². The van der Waals surface area contributed by atoms with Crippen LogP contribution in [0.3, 0.4) is 0 Å². The summed E-state index contributed by atoms with van der Waals surface area (Å²) < 4.78 is 0. The highest BCUT2D eigenvalue weighted by Crippen LogP contribution is 2.43. The van der Waals surface area contributed by atoms with E-state index in [0.29, 0.717) is 17.8 Å². The minimum absolute atomic E-state index is 0.249. The summed E-state index contributed by atoms with van der Waals surface area (Å²) in [5.74, 6) is 1.29. The number of fused-ring (bicyclic) bond motifs is 3. The number of piperidine rings is 1. The molecule has 1 fully saturated rings. The normalized spacial score (nSPS) is 20.8. The molecule has 2 unspecified atom stereocenters. The first-order valence-corrected chi connectivity index (χ1v) is 8.85. The minimum atomic E-state index is -0.596. The maximum Gasteiger partial charge on any atom is 0.277 e. The standard InChI is InChI=1S/C17H18N4O2.C2H6/c22-16(20-23)13-8-18-17(19-9-13)21-6-5-15-12(10-21)7-11-3-1-2-4-14(11)15;1-2/h1-4,8-9,12,15,23H,5-7,10H2,(H,20,22);1-2H3. The highest BCUT2D eigenvalue weighted by atomic mass is 16.5. The predicted molar refractivity (Wildman–Crippen MR) is 95.8 cm³/mol. The maximum atomic E-state index is 11.3. The van der Waals surface area contributed by atoms with Gasteiger partial charge in [-0.3, -0.25) is 10.0 Å². The lowest BCUT2D eigenvalue weighted by molar-refractivity contribution is 0.0705. The fraction of sp³-hybridized carbons (Fsp3) is 0.421. The number of aromatic nitrogens is 2. The van der Waals surface area contributed by atoms with Gasteiger partial charge in [0.1, 0.15) is 0 Å². The number of hydrogen-bond donors (Lipinski definition) is 2. The van der Waals surface area contributed by atoms with E-state index in [-0.39, 0.29) is 5.56 Å². The minimum Gasteiger partial charge on any atom is -0.340 e. The van der Waals surface area contributed by atoms with Crippen LogP contribution in [0.2, 0.25) is 0 Å². The van der Waals surface area contributed by atoms with Crippen molar-refractivity contribution in [1.82, 2.24) is 15.4 Å². The summed E-state index contributed by atoms with van der Waals surface area (Å²) in [6.45, 7) is 5.85. The Labute approximate surface area is 147 Å². The molecule has 6 nitrogen and oxygen atoms in total. The Morgan fingerprint density at radius 2 is 1.96 bits per heavy atom. The van der Waals surface area contributed by atoms with Crippen molar-refractivity contribution in [3.63, 3.8) is 0 Å². The summed E-state index contributed by atoms with van der Waals surface area (Å²) in [5.41, 5.74) is 4.82. The summed E-state index contributed by atoms with van der Waals surface area (Å²) in [4.78, 5) is 22.1. The molecule has 2 N–H and O–H groups in total. The molecule has 1 amide bonds. The first-order valence-electron chi connectivity index (χ1n) is 8.85. The molecule has 1 aromatic heterocycles. The van der Waals surface area contributed by atoms with E-state index in [2.05, 4.69) is 39.1 Å².